The van der Waals surface area contributed by atoms with Crippen molar-refractivity contribution < 1.29 is 5.11 Å². The fraction of sp³-hybridized carbons (Fsp3) is 0.647. The highest BCUT2D eigenvalue weighted by Gasteiger charge is 2.39. The molecule has 20 heavy (non-hydrogen) atoms. The van der Waals surface area contributed by atoms with Crippen molar-refractivity contribution in [2.75, 3.05) is 27.7 Å². The molecule has 0 saturated heterocycles. The molecule has 1 N–H and O–H groups in total. The number of benzene rings is 1. The highest BCUT2D eigenvalue weighted by atomic mass is 16.3. The molecule has 2 rings (SSSR count). The summed E-state index contributed by atoms with van der Waals surface area (Å²) in [6, 6.07) is 4.20. The maximum atomic E-state index is 9.85. The number of hydrogen-bond acceptors (Lipinski definition) is 3. The highest BCUT2D eigenvalue weighted by Crippen LogP contribution is 2.37. The lowest BCUT2D eigenvalue weighted by Gasteiger charge is -2.49. The van der Waals surface area contributed by atoms with Crippen LogP contribution in [0.4, 0.5) is 0 Å². The van der Waals surface area contributed by atoms with Gasteiger partial charge in [-0.15, -0.1) is 0 Å². The molecule has 0 unspecified atom stereocenters. The molecule has 0 radical (unpaired) electrons. The van der Waals surface area contributed by atoms with Crippen LogP contribution >= 0.6 is 0 Å². The van der Waals surface area contributed by atoms with Gasteiger partial charge >= 0.3 is 0 Å². The Kier molecular flexibility index (Phi) is 4.40. The second-order valence-electron chi connectivity index (χ2n) is 6.72. The number of likely N-dealkylation sites (N-methyl/N-ethyl adjacent to an activating group) is 2. The first-order chi connectivity index (χ1) is 9.34. The number of rotatable bonds is 5. The lowest BCUT2D eigenvalue weighted by molar-refractivity contribution is 0.0259. The summed E-state index contributed by atoms with van der Waals surface area (Å²) in [5.41, 5.74) is 3.60. The minimum Gasteiger partial charge on any atom is -0.507 e. The van der Waals surface area contributed by atoms with Crippen LogP contribution in [-0.2, 0) is 6.54 Å². The molecular weight excluding hydrogens is 248 g/mol. The summed E-state index contributed by atoms with van der Waals surface area (Å²) in [5.74, 6) is 0.431. The lowest BCUT2D eigenvalue weighted by Crippen LogP contribution is -2.56. The van der Waals surface area contributed by atoms with Gasteiger partial charge < -0.3 is 14.9 Å². The van der Waals surface area contributed by atoms with Crippen molar-refractivity contribution in [3.63, 3.8) is 0 Å². The molecule has 0 atom stereocenters. The molecule has 3 heteroatoms. The van der Waals surface area contributed by atoms with Crippen molar-refractivity contribution in [1.82, 2.24) is 9.80 Å². The van der Waals surface area contributed by atoms with Gasteiger partial charge in [0.15, 0.2) is 0 Å². The van der Waals surface area contributed by atoms with Gasteiger partial charge in [-0.05, 0) is 70.9 Å². The Morgan fingerprint density at radius 2 is 1.65 bits per heavy atom. The zero-order chi connectivity index (χ0) is 14.9. The molecule has 0 amide bonds. The zero-order valence-electron chi connectivity index (χ0n) is 13.5. The van der Waals surface area contributed by atoms with Crippen LogP contribution in [0.3, 0.4) is 0 Å². The van der Waals surface area contributed by atoms with E-state index in [1.165, 1.54) is 24.8 Å². The number of aryl methyl sites for hydroxylation is 2. The van der Waals surface area contributed by atoms with Crippen molar-refractivity contribution in [3.8, 4) is 5.75 Å². The van der Waals surface area contributed by atoms with Gasteiger partial charge in [-0.1, -0.05) is 12.1 Å². The van der Waals surface area contributed by atoms with Gasteiger partial charge in [-0.2, -0.15) is 0 Å². The van der Waals surface area contributed by atoms with Crippen LogP contribution in [-0.4, -0.2) is 48.1 Å². The van der Waals surface area contributed by atoms with Crippen LogP contribution in [0.5, 0.6) is 5.75 Å². The second-order valence-corrected chi connectivity index (χ2v) is 6.72. The second kappa shape index (κ2) is 5.74. The van der Waals surface area contributed by atoms with E-state index in [1.54, 1.807) is 0 Å². The molecule has 1 saturated carbocycles. The van der Waals surface area contributed by atoms with Gasteiger partial charge in [0.05, 0.1) is 0 Å². The van der Waals surface area contributed by atoms with Gasteiger partial charge in [0.25, 0.3) is 0 Å². The van der Waals surface area contributed by atoms with E-state index >= 15 is 0 Å². The molecule has 0 aromatic heterocycles. The molecule has 0 spiro atoms. The predicted molar refractivity (Wildman–Crippen MR) is 84.2 cm³/mol. The maximum absolute atomic E-state index is 9.85. The maximum Gasteiger partial charge on any atom is 0.121 e. The molecule has 1 fully saturated rings. The molecule has 0 bridgehead atoms. The normalized spacial score (nSPS) is 17.6. The van der Waals surface area contributed by atoms with Crippen LogP contribution in [0.1, 0.15) is 36.0 Å². The summed E-state index contributed by atoms with van der Waals surface area (Å²) < 4.78 is 0. The molecule has 0 aliphatic heterocycles. The Morgan fingerprint density at radius 1 is 1.10 bits per heavy atom. The van der Waals surface area contributed by atoms with Crippen molar-refractivity contribution in [1.29, 1.82) is 0 Å². The summed E-state index contributed by atoms with van der Waals surface area (Å²) in [5, 5.41) is 9.85. The Bertz CT molecular complexity index is 455. The molecular formula is C17H28N2O. The quantitative estimate of drug-likeness (QED) is 0.896. The smallest absolute Gasteiger partial charge is 0.121 e. The van der Waals surface area contributed by atoms with Crippen molar-refractivity contribution in [2.24, 2.45) is 0 Å². The minimum atomic E-state index is 0.371. The van der Waals surface area contributed by atoms with Crippen LogP contribution in [0.2, 0.25) is 0 Å². The molecule has 3 nitrogen and oxygen atoms in total. The van der Waals surface area contributed by atoms with Crippen LogP contribution in [0.15, 0.2) is 12.1 Å². The Balaban J connectivity index is 2.03. The summed E-state index contributed by atoms with van der Waals surface area (Å²) in [4.78, 5) is 4.80. The van der Waals surface area contributed by atoms with E-state index in [0.717, 1.165) is 24.2 Å². The highest BCUT2D eigenvalue weighted by molar-refractivity contribution is 5.42. The van der Waals surface area contributed by atoms with E-state index in [2.05, 4.69) is 43.1 Å². The van der Waals surface area contributed by atoms with Gasteiger partial charge in [-0.3, -0.25) is 0 Å². The third-order valence-corrected chi connectivity index (χ3v) is 4.80. The number of phenols is 1. The Hall–Kier alpha value is -1.06. The van der Waals surface area contributed by atoms with E-state index in [9.17, 15) is 5.11 Å². The Morgan fingerprint density at radius 3 is 2.05 bits per heavy atom. The van der Waals surface area contributed by atoms with Crippen molar-refractivity contribution in [2.45, 2.75) is 45.2 Å². The third kappa shape index (κ3) is 2.99. The molecule has 1 aliphatic carbocycles. The largest absolute Gasteiger partial charge is 0.507 e. The summed E-state index contributed by atoms with van der Waals surface area (Å²) >= 11 is 0. The number of hydrogen-bond donors (Lipinski definition) is 1. The molecule has 0 heterocycles. The van der Waals surface area contributed by atoms with Gasteiger partial charge in [-0.25, -0.2) is 0 Å². The van der Waals surface area contributed by atoms with E-state index < -0.39 is 0 Å². The third-order valence-electron chi connectivity index (χ3n) is 4.80. The summed E-state index contributed by atoms with van der Waals surface area (Å²) in [6.45, 7) is 5.99. The topological polar surface area (TPSA) is 26.7 Å². The SMILES string of the molecule is Cc1cc(CN(C)CC2(N(C)C)CCC2)cc(C)c1O. The number of phenolic OH excluding ortho intramolecular Hbond substituents is 1. The lowest BCUT2D eigenvalue weighted by atomic mass is 9.75. The first-order valence-electron chi connectivity index (χ1n) is 7.49. The molecule has 1 aliphatic rings. The van der Waals surface area contributed by atoms with Gasteiger partial charge in [0, 0.05) is 18.6 Å². The van der Waals surface area contributed by atoms with E-state index in [-0.39, 0.29) is 0 Å². The van der Waals surface area contributed by atoms with E-state index in [0.29, 0.717) is 11.3 Å². The standard InChI is InChI=1S/C17H28N2O/c1-13-9-15(10-14(2)16(13)20)11-19(5)12-17(18(3)4)7-6-8-17/h9-10,20H,6-8,11-12H2,1-5H3. The van der Waals surface area contributed by atoms with E-state index in [1.807, 2.05) is 13.8 Å². The molecule has 1 aromatic rings. The van der Waals surface area contributed by atoms with Gasteiger partial charge in [0.1, 0.15) is 5.75 Å². The van der Waals surface area contributed by atoms with E-state index in [4.69, 9.17) is 0 Å². The Labute approximate surface area is 123 Å². The number of nitrogens with zero attached hydrogens (tertiary/aromatic N) is 2. The van der Waals surface area contributed by atoms with Crippen molar-refractivity contribution >= 4 is 0 Å². The fourth-order valence-corrected chi connectivity index (χ4v) is 3.34. The predicted octanol–water partition coefficient (Wildman–Crippen LogP) is 2.93. The summed E-state index contributed by atoms with van der Waals surface area (Å²) in [7, 11) is 6.59. The van der Waals surface area contributed by atoms with Crippen LogP contribution < -0.4 is 0 Å². The van der Waals surface area contributed by atoms with Crippen molar-refractivity contribution in [3.05, 3.63) is 28.8 Å². The molecule has 1 aromatic carbocycles. The summed E-state index contributed by atoms with van der Waals surface area (Å²) in [6.07, 6.45) is 3.96. The number of aromatic hydroxyl groups is 1. The van der Waals surface area contributed by atoms with Gasteiger partial charge in [0.2, 0.25) is 0 Å². The molecule has 112 valence electrons. The van der Waals surface area contributed by atoms with Crippen LogP contribution in [0.25, 0.3) is 0 Å². The monoisotopic (exact) mass is 276 g/mol. The van der Waals surface area contributed by atoms with Crippen LogP contribution in [0, 0.1) is 13.8 Å². The average molecular weight is 276 g/mol. The fourth-order valence-electron chi connectivity index (χ4n) is 3.34. The first kappa shape index (κ1) is 15.3. The first-order valence-corrected chi connectivity index (χ1v) is 7.49. The minimum absolute atomic E-state index is 0.371. The average Bonchev–Trinajstić information content (AvgIpc) is 2.30. The zero-order valence-corrected chi connectivity index (χ0v) is 13.5.